The molecule has 4 heteroatoms. The van der Waals surface area contributed by atoms with Gasteiger partial charge in [0.25, 0.3) is 0 Å². The maximum atomic E-state index is 11.5. The first-order chi connectivity index (χ1) is 9.15. The number of fused-ring (bicyclic) bond motifs is 1. The summed E-state index contributed by atoms with van der Waals surface area (Å²) in [4.78, 5) is 11.5. The van der Waals surface area contributed by atoms with Crippen molar-refractivity contribution in [2.45, 2.75) is 33.1 Å². The highest BCUT2D eigenvalue weighted by atomic mass is 35.5. The first-order valence-electron chi connectivity index (χ1n) is 6.54. The number of hydrogen-bond acceptors (Lipinski definition) is 3. The van der Waals surface area contributed by atoms with Crippen LogP contribution in [-0.2, 0) is 6.42 Å². The van der Waals surface area contributed by atoms with E-state index in [4.69, 9.17) is 20.8 Å². The lowest BCUT2D eigenvalue weighted by Crippen LogP contribution is -2.01. The van der Waals surface area contributed by atoms with Gasteiger partial charge < -0.3 is 9.15 Å². The highest BCUT2D eigenvalue weighted by Gasteiger charge is 2.10. The zero-order valence-corrected chi connectivity index (χ0v) is 11.9. The molecule has 0 saturated heterocycles. The number of ether oxygens (including phenoxy) is 1. The van der Waals surface area contributed by atoms with Crippen LogP contribution < -0.4 is 10.4 Å². The average molecular weight is 281 g/mol. The van der Waals surface area contributed by atoms with Gasteiger partial charge in [-0.25, -0.2) is 4.79 Å². The fourth-order valence-corrected chi connectivity index (χ4v) is 2.18. The van der Waals surface area contributed by atoms with Gasteiger partial charge in [0.15, 0.2) is 0 Å². The molecular weight excluding hydrogens is 264 g/mol. The van der Waals surface area contributed by atoms with Gasteiger partial charge in [-0.1, -0.05) is 31.9 Å². The maximum Gasteiger partial charge on any atom is 0.336 e. The molecule has 0 N–H and O–H groups in total. The molecule has 2 aromatic rings. The Kier molecular flexibility index (Phi) is 4.48. The Bertz CT molecular complexity index is 631. The summed E-state index contributed by atoms with van der Waals surface area (Å²) in [5, 5.41) is 1.42. The Morgan fingerprint density at radius 1 is 1.26 bits per heavy atom. The molecule has 0 aliphatic heterocycles. The molecule has 0 unspecified atom stereocenters. The second-order valence-corrected chi connectivity index (χ2v) is 4.83. The van der Waals surface area contributed by atoms with Crippen LogP contribution in [0.1, 0.15) is 32.3 Å². The molecule has 3 nitrogen and oxygen atoms in total. The molecule has 1 aromatic carbocycles. The molecule has 0 atom stereocenters. The first kappa shape index (κ1) is 13.9. The second-order valence-electron chi connectivity index (χ2n) is 4.43. The van der Waals surface area contributed by atoms with Gasteiger partial charge in [0.05, 0.1) is 11.6 Å². The molecule has 0 radical (unpaired) electrons. The highest BCUT2D eigenvalue weighted by molar-refractivity contribution is 6.32. The van der Waals surface area contributed by atoms with E-state index in [0.29, 0.717) is 23.0 Å². The van der Waals surface area contributed by atoms with E-state index in [1.165, 1.54) is 6.07 Å². The molecular formula is C15H17ClO3. The second kappa shape index (κ2) is 6.11. The lowest BCUT2D eigenvalue weighted by molar-refractivity contribution is 0.309. The summed E-state index contributed by atoms with van der Waals surface area (Å²) in [6, 6.07) is 5.02. The maximum absolute atomic E-state index is 11.5. The van der Waals surface area contributed by atoms with Crippen molar-refractivity contribution in [3.63, 3.8) is 0 Å². The van der Waals surface area contributed by atoms with Gasteiger partial charge in [-0.15, -0.1) is 0 Å². The molecule has 2 rings (SSSR count). The van der Waals surface area contributed by atoms with Crippen molar-refractivity contribution in [1.82, 2.24) is 0 Å². The van der Waals surface area contributed by atoms with Crippen LogP contribution in [0.25, 0.3) is 11.0 Å². The monoisotopic (exact) mass is 280 g/mol. The van der Waals surface area contributed by atoms with Gasteiger partial charge in [0.2, 0.25) is 0 Å². The quantitative estimate of drug-likeness (QED) is 0.609. The van der Waals surface area contributed by atoms with Crippen LogP contribution in [0.2, 0.25) is 5.02 Å². The van der Waals surface area contributed by atoms with Crippen molar-refractivity contribution in [3.05, 3.63) is 39.2 Å². The van der Waals surface area contributed by atoms with Crippen molar-refractivity contribution in [3.8, 4) is 5.75 Å². The lowest BCUT2D eigenvalue weighted by Gasteiger charge is -2.09. The summed E-state index contributed by atoms with van der Waals surface area (Å²) >= 11 is 6.21. The Hall–Kier alpha value is -1.48. The molecule has 0 spiro atoms. The fraction of sp³-hybridized carbons (Fsp3) is 0.400. The number of unbranched alkanes of at least 4 members (excludes halogenated alkanes) is 1. The van der Waals surface area contributed by atoms with Crippen LogP contribution in [0.15, 0.2) is 27.4 Å². The lowest BCUT2D eigenvalue weighted by atomic mass is 10.1. The molecule has 1 heterocycles. The summed E-state index contributed by atoms with van der Waals surface area (Å²) in [5.41, 5.74) is 1.12. The standard InChI is InChI=1S/C15H17ClO3/c1-3-5-6-18-14-9-13-11(8-12(14)16)10(4-2)7-15(17)19-13/h7-9H,3-6H2,1-2H3. The summed E-state index contributed by atoms with van der Waals surface area (Å²) in [6.07, 6.45) is 2.78. The number of halogens is 1. The largest absolute Gasteiger partial charge is 0.492 e. The van der Waals surface area contributed by atoms with Gasteiger partial charge >= 0.3 is 5.63 Å². The summed E-state index contributed by atoms with van der Waals surface area (Å²) in [7, 11) is 0. The molecule has 0 bridgehead atoms. The third kappa shape index (κ3) is 3.10. The van der Waals surface area contributed by atoms with E-state index in [2.05, 4.69) is 6.92 Å². The van der Waals surface area contributed by atoms with E-state index in [1.54, 1.807) is 12.1 Å². The van der Waals surface area contributed by atoms with Crippen molar-refractivity contribution in [1.29, 1.82) is 0 Å². The van der Waals surface area contributed by atoms with Crippen LogP contribution in [0.4, 0.5) is 0 Å². The van der Waals surface area contributed by atoms with Gasteiger partial charge in [-0.2, -0.15) is 0 Å². The normalized spacial score (nSPS) is 10.9. The molecule has 1 aromatic heterocycles. The molecule has 19 heavy (non-hydrogen) atoms. The average Bonchev–Trinajstić information content (AvgIpc) is 2.39. The molecule has 0 aliphatic carbocycles. The van der Waals surface area contributed by atoms with Gasteiger partial charge in [-0.05, 0) is 24.5 Å². The van der Waals surface area contributed by atoms with E-state index in [1.807, 2.05) is 6.92 Å². The minimum atomic E-state index is -0.341. The van der Waals surface area contributed by atoms with Gasteiger partial charge in [-0.3, -0.25) is 0 Å². The van der Waals surface area contributed by atoms with E-state index in [0.717, 1.165) is 30.2 Å². The third-order valence-corrected chi connectivity index (χ3v) is 3.31. The topological polar surface area (TPSA) is 39.4 Å². The van der Waals surface area contributed by atoms with Crippen LogP contribution in [0, 0.1) is 0 Å². The minimum Gasteiger partial charge on any atom is -0.492 e. The number of aryl methyl sites for hydroxylation is 1. The van der Waals surface area contributed by atoms with Crippen molar-refractivity contribution in [2.75, 3.05) is 6.61 Å². The number of benzene rings is 1. The zero-order chi connectivity index (χ0) is 13.8. The summed E-state index contributed by atoms with van der Waals surface area (Å²) < 4.78 is 10.8. The van der Waals surface area contributed by atoms with E-state index in [9.17, 15) is 4.79 Å². The fourth-order valence-electron chi connectivity index (χ4n) is 1.96. The molecule has 0 amide bonds. The van der Waals surface area contributed by atoms with Crippen LogP contribution in [0.5, 0.6) is 5.75 Å². The highest BCUT2D eigenvalue weighted by Crippen LogP contribution is 2.31. The molecule has 0 saturated carbocycles. The SMILES string of the molecule is CCCCOc1cc2oc(=O)cc(CC)c2cc1Cl. The minimum absolute atomic E-state index is 0.341. The molecule has 0 fully saturated rings. The number of hydrogen-bond donors (Lipinski definition) is 0. The zero-order valence-electron chi connectivity index (χ0n) is 11.2. The van der Waals surface area contributed by atoms with E-state index >= 15 is 0 Å². The van der Waals surface area contributed by atoms with E-state index < -0.39 is 0 Å². The molecule has 102 valence electrons. The van der Waals surface area contributed by atoms with Gasteiger partial charge in [0.1, 0.15) is 11.3 Å². The summed E-state index contributed by atoms with van der Waals surface area (Å²) in [5.74, 6) is 0.569. The van der Waals surface area contributed by atoms with Gasteiger partial charge in [0, 0.05) is 17.5 Å². The Balaban J connectivity index is 2.46. The predicted molar refractivity (Wildman–Crippen MR) is 77.3 cm³/mol. The number of rotatable bonds is 5. The Morgan fingerprint density at radius 2 is 2.05 bits per heavy atom. The van der Waals surface area contributed by atoms with Crippen molar-refractivity contribution < 1.29 is 9.15 Å². The van der Waals surface area contributed by atoms with Crippen LogP contribution in [-0.4, -0.2) is 6.61 Å². The third-order valence-electron chi connectivity index (χ3n) is 3.02. The summed E-state index contributed by atoms with van der Waals surface area (Å²) in [6.45, 7) is 4.70. The van der Waals surface area contributed by atoms with Crippen molar-refractivity contribution >= 4 is 22.6 Å². The van der Waals surface area contributed by atoms with E-state index in [-0.39, 0.29) is 5.63 Å². The molecule has 0 aliphatic rings. The smallest absolute Gasteiger partial charge is 0.336 e. The van der Waals surface area contributed by atoms with Crippen LogP contribution in [0.3, 0.4) is 0 Å². The first-order valence-corrected chi connectivity index (χ1v) is 6.92. The van der Waals surface area contributed by atoms with Crippen LogP contribution >= 0.6 is 11.6 Å². The predicted octanol–water partition coefficient (Wildman–Crippen LogP) is 4.19. The Morgan fingerprint density at radius 3 is 2.74 bits per heavy atom. The van der Waals surface area contributed by atoms with Crippen molar-refractivity contribution in [2.24, 2.45) is 0 Å². The Labute approximate surface area is 117 Å².